The summed E-state index contributed by atoms with van der Waals surface area (Å²) in [4.78, 5) is 13.7. The first-order valence-electron chi connectivity index (χ1n) is 13.7. The molecule has 6 aromatic rings. The van der Waals surface area contributed by atoms with Crippen molar-refractivity contribution in [2.45, 2.75) is 6.92 Å². The molecule has 0 radical (unpaired) electrons. The van der Waals surface area contributed by atoms with Crippen molar-refractivity contribution in [3.63, 3.8) is 0 Å². The molecule has 0 aliphatic carbocycles. The third-order valence-corrected chi connectivity index (χ3v) is 8.05. The number of hydrogen-bond donors (Lipinski definition) is 1. The Hall–Kier alpha value is -4.69. The number of esters is 1. The van der Waals surface area contributed by atoms with E-state index in [1.807, 2.05) is 108 Å². The van der Waals surface area contributed by atoms with Gasteiger partial charge in [0.1, 0.15) is 17.3 Å². The Balaban J connectivity index is 0.000000173. The van der Waals surface area contributed by atoms with Crippen molar-refractivity contribution in [2.24, 2.45) is 0 Å². The van der Waals surface area contributed by atoms with Gasteiger partial charge in [0, 0.05) is 10.8 Å². The Morgan fingerprint density at radius 3 is 1.70 bits per heavy atom. The number of aliphatic hydroxyl groups is 1. The van der Waals surface area contributed by atoms with E-state index in [4.69, 9.17) is 14.2 Å². The third kappa shape index (κ3) is 7.78. The van der Waals surface area contributed by atoms with Gasteiger partial charge in [-0.05, 0) is 58.8 Å². The second kappa shape index (κ2) is 15.0. The lowest BCUT2D eigenvalue weighted by atomic mass is 10.1. The highest BCUT2D eigenvalue weighted by atomic mass is 32.1. The number of thiophene rings is 2. The third-order valence-electron chi connectivity index (χ3n) is 6.28. The highest BCUT2D eigenvalue weighted by molar-refractivity contribution is 7.11. The molecule has 0 aliphatic rings. The van der Waals surface area contributed by atoms with E-state index < -0.39 is 5.97 Å². The summed E-state index contributed by atoms with van der Waals surface area (Å²) in [5.41, 5.74) is 0. The molecule has 2 heterocycles. The van der Waals surface area contributed by atoms with Gasteiger partial charge in [-0.2, -0.15) is 0 Å². The molecular weight excluding hydrogens is 577 g/mol. The van der Waals surface area contributed by atoms with Gasteiger partial charge in [0.05, 0.1) is 29.0 Å². The van der Waals surface area contributed by atoms with Crippen LogP contribution in [0.4, 0.5) is 0 Å². The summed E-state index contributed by atoms with van der Waals surface area (Å²) in [7, 11) is 0. The van der Waals surface area contributed by atoms with Crippen LogP contribution < -0.4 is 9.47 Å². The summed E-state index contributed by atoms with van der Waals surface area (Å²) in [6.07, 6.45) is 3.09. The Labute approximate surface area is 258 Å². The Morgan fingerprint density at radius 2 is 1.19 bits per heavy atom. The summed E-state index contributed by atoms with van der Waals surface area (Å²) in [6, 6.07) is 35.7. The molecule has 43 heavy (non-hydrogen) atoms. The molecule has 0 saturated heterocycles. The number of carbonyl (C=O) groups excluding carboxylic acids is 1. The van der Waals surface area contributed by atoms with Crippen LogP contribution in [0.3, 0.4) is 0 Å². The summed E-state index contributed by atoms with van der Waals surface area (Å²) in [6.45, 7) is 2.07. The van der Waals surface area contributed by atoms with Gasteiger partial charge in [0.15, 0.2) is 5.76 Å². The van der Waals surface area contributed by atoms with Crippen LogP contribution in [0.5, 0.6) is 11.5 Å². The van der Waals surface area contributed by atoms with Crippen LogP contribution in [0.2, 0.25) is 0 Å². The SMILES string of the molecule is CCOC(=O)/C=C(\Oc1cccc2ccccc12)c1cccs1.OC/C=C(\Oc1cccc2ccccc12)c1cccs1. The minimum Gasteiger partial charge on any atom is -0.463 e. The van der Waals surface area contributed by atoms with Crippen LogP contribution in [0.1, 0.15) is 16.7 Å². The van der Waals surface area contributed by atoms with Crippen molar-refractivity contribution in [2.75, 3.05) is 13.2 Å². The topological polar surface area (TPSA) is 65.0 Å². The van der Waals surface area contributed by atoms with E-state index in [1.54, 1.807) is 24.3 Å². The van der Waals surface area contributed by atoms with E-state index in [2.05, 4.69) is 12.1 Å². The van der Waals surface area contributed by atoms with Gasteiger partial charge in [-0.1, -0.05) is 84.9 Å². The van der Waals surface area contributed by atoms with Crippen molar-refractivity contribution in [1.29, 1.82) is 0 Å². The average Bonchev–Trinajstić information content (AvgIpc) is 3.77. The van der Waals surface area contributed by atoms with Crippen molar-refractivity contribution >= 4 is 61.7 Å². The fraction of sp³-hybridized carbons (Fsp3) is 0.0833. The van der Waals surface area contributed by atoms with E-state index in [9.17, 15) is 9.90 Å². The van der Waals surface area contributed by atoms with Crippen molar-refractivity contribution in [3.8, 4) is 11.5 Å². The van der Waals surface area contributed by atoms with Gasteiger partial charge in [-0.25, -0.2) is 4.79 Å². The molecule has 0 atom stereocenters. The van der Waals surface area contributed by atoms with Crippen molar-refractivity contribution in [1.82, 2.24) is 0 Å². The molecule has 0 amide bonds. The molecule has 0 unspecified atom stereocenters. The predicted molar refractivity (Wildman–Crippen MR) is 177 cm³/mol. The fourth-order valence-electron chi connectivity index (χ4n) is 4.36. The van der Waals surface area contributed by atoms with Gasteiger partial charge < -0.3 is 19.3 Å². The molecule has 0 fully saturated rings. The van der Waals surface area contributed by atoms with Crippen LogP contribution in [0, 0.1) is 0 Å². The normalized spacial score (nSPS) is 11.6. The van der Waals surface area contributed by atoms with Crippen LogP contribution in [-0.4, -0.2) is 24.3 Å². The van der Waals surface area contributed by atoms with E-state index in [0.717, 1.165) is 37.0 Å². The minimum atomic E-state index is -0.406. The number of hydrogen-bond acceptors (Lipinski definition) is 7. The molecule has 4 aromatic carbocycles. The van der Waals surface area contributed by atoms with Crippen LogP contribution >= 0.6 is 22.7 Å². The summed E-state index contributed by atoms with van der Waals surface area (Å²) >= 11 is 3.11. The van der Waals surface area contributed by atoms with Crippen LogP contribution in [-0.2, 0) is 9.53 Å². The minimum absolute atomic E-state index is 0.0437. The van der Waals surface area contributed by atoms with Gasteiger partial charge >= 0.3 is 5.97 Å². The molecule has 0 aliphatic heterocycles. The molecule has 0 saturated carbocycles. The predicted octanol–water partition coefficient (Wildman–Crippen LogP) is 9.20. The first-order chi connectivity index (χ1) is 21.2. The summed E-state index contributed by atoms with van der Waals surface area (Å²) in [5.74, 6) is 2.30. The number of ether oxygens (including phenoxy) is 3. The average molecular weight is 607 g/mol. The molecule has 6 rings (SSSR count). The Kier molecular flexibility index (Phi) is 10.4. The first kappa shape index (κ1) is 29.8. The molecule has 7 heteroatoms. The molecule has 0 spiro atoms. The lowest BCUT2D eigenvalue weighted by molar-refractivity contribution is -0.137. The maximum absolute atomic E-state index is 11.8. The maximum atomic E-state index is 11.8. The van der Waals surface area contributed by atoms with Crippen molar-refractivity contribution in [3.05, 3.63) is 142 Å². The first-order valence-corrected chi connectivity index (χ1v) is 15.5. The highest BCUT2D eigenvalue weighted by Gasteiger charge is 2.12. The smallest absolute Gasteiger partial charge is 0.334 e. The summed E-state index contributed by atoms with van der Waals surface area (Å²) in [5, 5.41) is 17.4. The number of aliphatic hydroxyl groups excluding tert-OH is 1. The fourth-order valence-corrected chi connectivity index (χ4v) is 5.74. The number of fused-ring (bicyclic) bond motifs is 2. The van der Waals surface area contributed by atoms with E-state index in [1.165, 1.54) is 17.4 Å². The largest absolute Gasteiger partial charge is 0.463 e. The number of carbonyl (C=O) groups is 1. The summed E-state index contributed by atoms with van der Waals surface area (Å²) < 4.78 is 17.1. The Bertz CT molecular complexity index is 1830. The van der Waals surface area contributed by atoms with Gasteiger partial charge in [-0.3, -0.25) is 0 Å². The highest BCUT2D eigenvalue weighted by Crippen LogP contribution is 2.32. The van der Waals surface area contributed by atoms with Gasteiger partial charge in [-0.15, -0.1) is 22.7 Å². The standard InChI is InChI=1S/C19H16O3S.C17H14O2S/c1-2-21-19(20)13-17(18-11-6-12-23-18)22-16-10-5-8-14-7-3-4-9-15(14)16;18-11-10-16(17-9-4-12-20-17)19-15-8-3-6-13-5-1-2-7-14(13)15/h3-13H,2H2,1H3;1-10,12,18H,11H2/b17-13-;16-10-. The van der Waals surface area contributed by atoms with Crippen molar-refractivity contribution < 1.29 is 24.1 Å². The lowest BCUT2D eigenvalue weighted by Crippen LogP contribution is -2.03. The molecule has 216 valence electrons. The lowest BCUT2D eigenvalue weighted by Gasteiger charge is -2.11. The van der Waals surface area contributed by atoms with Crippen LogP contribution in [0.15, 0.2) is 132 Å². The molecule has 1 N–H and O–H groups in total. The quantitative estimate of drug-likeness (QED) is 0.101. The number of benzene rings is 4. The number of rotatable bonds is 9. The van der Waals surface area contributed by atoms with Gasteiger partial charge in [0.2, 0.25) is 0 Å². The van der Waals surface area contributed by atoms with Crippen LogP contribution in [0.25, 0.3) is 33.1 Å². The molecular formula is C36H30O5S2. The molecule has 5 nitrogen and oxygen atoms in total. The zero-order chi connectivity index (χ0) is 29.9. The monoisotopic (exact) mass is 606 g/mol. The maximum Gasteiger partial charge on any atom is 0.334 e. The van der Waals surface area contributed by atoms with E-state index >= 15 is 0 Å². The zero-order valence-corrected chi connectivity index (χ0v) is 25.1. The molecule has 2 aromatic heterocycles. The Morgan fingerprint density at radius 1 is 0.674 bits per heavy atom. The van der Waals surface area contributed by atoms with E-state index in [0.29, 0.717) is 23.9 Å². The second-order valence-electron chi connectivity index (χ2n) is 9.12. The van der Waals surface area contributed by atoms with E-state index in [-0.39, 0.29) is 6.61 Å². The van der Waals surface area contributed by atoms with Gasteiger partial charge in [0.25, 0.3) is 0 Å². The second-order valence-corrected chi connectivity index (χ2v) is 11.0. The molecule has 0 bridgehead atoms. The zero-order valence-electron chi connectivity index (χ0n) is 23.5.